The first-order chi connectivity index (χ1) is 44.8. The Labute approximate surface area is 566 Å². The standard InChI is InChI=1S/C14H20N2O5.C11H16N2O5.C10H12IN5O5.C10H13IN2O5.C10H14N2O6/c1-5-8-10-11(21-13(2,3)20-10)14(4,19-8)16-7-6-9(17)15-12(16)18;1-3-6-8(15)9(16)11(2,18-6)13-5-4-7(14)12-10(13)17;1-9(16-3-2-5(17)13-8(16)20)6(18)7(19)10(4-11,21-9)14-15-12;1-10(8(16)7(15)5(4-11)18-10)13-3-2-6(14)12-9(13)17;1-10(8(16)7(15)5(4-13)18-10)12-3-2-6(14)11-9(12)17/h6-8,10-11H,5H2,1-4H3,(H,15,17,18);4-6,8-9,15-16H,3H2,1-2H3,(H,12,14,17);2-3,6-7,18-19H,4H2,1H3,(H,13,17,20);2-3,5,7-8,15-16H,4H2,1H3,(H,12,14,17);2-3,5,7-8,13,15-16H,4H2,1H3,(H,11,14,17)/t8-,10-,11-,14-;6-,8-,9-,11-;6-,7+,9-,10-;2*5-,7-,8-,10-/m11111/s1. The van der Waals surface area contributed by atoms with Crippen LogP contribution in [0.3, 0.4) is 0 Å². The molecule has 0 aliphatic carbocycles. The molecule has 0 amide bonds. The van der Waals surface area contributed by atoms with Gasteiger partial charge in [0.15, 0.2) is 40.1 Å². The van der Waals surface area contributed by atoms with E-state index < -0.39 is 176 Å². The van der Waals surface area contributed by atoms with Crippen LogP contribution in [0.1, 0.15) is 75.2 Å². The van der Waals surface area contributed by atoms with E-state index in [9.17, 15) is 88.8 Å². The van der Waals surface area contributed by atoms with Gasteiger partial charge in [-0.05, 0) is 66.8 Å². The number of halogens is 2. The molecule has 0 aromatic carbocycles. The molecule has 0 spiro atoms. The van der Waals surface area contributed by atoms with E-state index in [1.54, 1.807) is 6.92 Å². The molecule has 530 valence electrons. The summed E-state index contributed by atoms with van der Waals surface area (Å²) in [4.78, 5) is 127. The van der Waals surface area contributed by atoms with Crippen molar-refractivity contribution in [2.75, 3.05) is 15.5 Å². The van der Waals surface area contributed by atoms with Crippen LogP contribution in [-0.2, 0) is 61.8 Å². The number of ether oxygens (including phenoxy) is 7. The molecule has 11 heterocycles. The zero-order valence-corrected chi connectivity index (χ0v) is 57.0. The lowest BCUT2D eigenvalue weighted by Crippen LogP contribution is -2.49. The summed E-state index contributed by atoms with van der Waals surface area (Å²) < 4.78 is 45.9. The highest BCUT2D eigenvalue weighted by molar-refractivity contribution is 14.1. The predicted octanol–water partition coefficient (Wildman–Crippen LogP) is -5.23. The number of nitrogens with one attached hydrogen (secondary N) is 5. The first kappa shape index (κ1) is 76.9. The Balaban J connectivity index is 0.000000170. The molecule has 41 heteroatoms. The SMILES string of the molecule is CC[C@H]1O[C@@](C)(n2ccc(=O)[nH]c2=O)[C@@H]2OC(C)(C)O[C@@H]21.CC[C@H]1O[C@@](C)(n2ccc(=O)[nH]c2=O)[C@H](O)[C@@H]1O.C[C@@]1(n2ccc(=O)[nH]c2=O)O[C@@](CI)(N=[N+]=[N-])[C@@H](O)[C@H]1O.C[C@@]1(n2ccc(=O)[nH]c2=O)O[C@H](CI)[C@@H](O)[C@H]1O.C[C@@]1(n2ccc(=O)[nH]c2=O)O[C@H](CO)[C@@H](O)[C@H]1O. The van der Waals surface area contributed by atoms with Gasteiger partial charge in [0.2, 0.25) is 0 Å². The topological polar surface area (TPSA) is 570 Å². The van der Waals surface area contributed by atoms with E-state index >= 15 is 0 Å². The van der Waals surface area contributed by atoms with Crippen LogP contribution in [0.15, 0.2) is 114 Å². The van der Waals surface area contributed by atoms with Crippen molar-refractivity contribution in [1.82, 2.24) is 47.8 Å². The van der Waals surface area contributed by atoms with Gasteiger partial charge in [-0.25, -0.2) is 24.0 Å². The Morgan fingerprint density at radius 1 is 0.458 bits per heavy atom. The number of aliphatic hydroxyl groups is 9. The fourth-order valence-corrected chi connectivity index (χ4v) is 13.3. The number of azide groups is 1. The highest BCUT2D eigenvalue weighted by Gasteiger charge is 2.63. The normalized spacial score (nSPS) is 36.2. The van der Waals surface area contributed by atoms with E-state index in [0.717, 1.165) is 61.3 Å². The molecule has 6 fully saturated rings. The number of aliphatic hydroxyl groups excluding tert-OH is 9. The third kappa shape index (κ3) is 14.6. The van der Waals surface area contributed by atoms with E-state index in [1.165, 1.54) is 56.9 Å². The van der Waals surface area contributed by atoms with Crippen molar-refractivity contribution in [2.45, 2.75) is 201 Å². The summed E-state index contributed by atoms with van der Waals surface area (Å²) in [5.74, 6) is -0.723. The minimum Gasteiger partial charge on any atom is -0.394 e. The molecular weight excluding hydrogens is 1510 g/mol. The van der Waals surface area contributed by atoms with Crippen molar-refractivity contribution >= 4 is 45.2 Å². The van der Waals surface area contributed by atoms with Gasteiger partial charge in [-0.15, -0.1) is 0 Å². The number of fused-ring (bicyclic) bond motifs is 1. The molecule has 96 heavy (non-hydrogen) atoms. The second kappa shape index (κ2) is 29.5. The summed E-state index contributed by atoms with van der Waals surface area (Å²) in [5.41, 5.74) is -6.28. The third-order valence-corrected chi connectivity index (χ3v) is 19.1. The van der Waals surface area contributed by atoms with Crippen LogP contribution in [0, 0.1) is 0 Å². The first-order valence-corrected chi connectivity index (χ1v) is 32.4. The molecule has 5 aromatic rings. The maximum absolute atomic E-state index is 12.1. The molecule has 39 nitrogen and oxygen atoms in total. The molecule has 0 radical (unpaired) electrons. The van der Waals surface area contributed by atoms with Gasteiger partial charge >= 0.3 is 28.4 Å². The van der Waals surface area contributed by atoms with Crippen LogP contribution in [0.5, 0.6) is 0 Å². The minimum absolute atomic E-state index is 0.0563. The molecule has 6 saturated heterocycles. The van der Waals surface area contributed by atoms with E-state index in [2.05, 4.69) is 25.0 Å². The largest absolute Gasteiger partial charge is 0.394 e. The number of H-pyrrole nitrogens is 5. The van der Waals surface area contributed by atoms with Crippen LogP contribution >= 0.6 is 45.2 Å². The molecule has 6 aliphatic rings. The van der Waals surface area contributed by atoms with Crippen molar-refractivity contribution in [1.29, 1.82) is 0 Å². The summed E-state index contributed by atoms with van der Waals surface area (Å²) in [5, 5.41) is 92.2. The molecule has 20 atom stereocenters. The maximum Gasteiger partial charge on any atom is 0.330 e. The number of hydrogen-bond donors (Lipinski definition) is 14. The van der Waals surface area contributed by atoms with Gasteiger partial charge in [0, 0.05) is 75.1 Å². The van der Waals surface area contributed by atoms with Crippen LogP contribution < -0.4 is 56.2 Å². The fraction of sp³-hybridized carbons (Fsp3) is 0.636. The van der Waals surface area contributed by atoms with Crippen molar-refractivity contribution in [3.05, 3.63) is 176 Å². The second-order valence-corrected chi connectivity index (χ2v) is 25.6. The summed E-state index contributed by atoms with van der Waals surface area (Å²) in [7, 11) is 0. The Bertz CT molecular complexity index is 4040. The smallest absolute Gasteiger partial charge is 0.330 e. The number of rotatable bonds is 11. The van der Waals surface area contributed by atoms with E-state index in [1.807, 2.05) is 82.8 Å². The van der Waals surface area contributed by atoms with Gasteiger partial charge in [0.1, 0.15) is 67.1 Å². The summed E-state index contributed by atoms with van der Waals surface area (Å²) in [6.45, 7) is 14.5. The zero-order chi connectivity index (χ0) is 71.7. The Hall–Kier alpha value is -6.47. The lowest BCUT2D eigenvalue weighted by Gasteiger charge is -2.32. The minimum atomic E-state index is -1.71. The van der Waals surface area contributed by atoms with Gasteiger partial charge < -0.3 is 79.1 Å². The number of aromatic nitrogens is 10. The van der Waals surface area contributed by atoms with Crippen LogP contribution in [0.25, 0.3) is 10.4 Å². The molecule has 0 saturated carbocycles. The highest BCUT2D eigenvalue weighted by atomic mass is 127. The van der Waals surface area contributed by atoms with Crippen molar-refractivity contribution in [3.63, 3.8) is 0 Å². The summed E-state index contributed by atoms with van der Waals surface area (Å²) in [6, 6.07) is 5.79. The van der Waals surface area contributed by atoms with Gasteiger partial charge in [-0.1, -0.05) is 64.1 Å². The monoisotopic (exact) mass is 1590 g/mol. The summed E-state index contributed by atoms with van der Waals surface area (Å²) >= 11 is 3.86. The van der Waals surface area contributed by atoms with Crippen molar-refractivity contribution < 1.29 is 79.1 Å². The fourth-order valence-electron chi connectivity index (χ4n) is 11.8. The number of aromatic amines is 5. The zero-order valence-electron chi connectivity index (χ0n) is 52.7. The molecule has 11 rings (SSSR count). The average molecular weight is 1590 g/mol. The molecule has 5 aromatic heterocycles. The van der Waals surface area contributed by atoms with Crippen LogP contribution in [-0.4, -0.2) is 206 Å². The Kier molecular flexibility index (Phi) is 23.7. The first-order valence-electron chi connectivity index (χ1n) is 29.4. The van der Waals surface area contributed by atoms with E-state index in [4.69, 9.17) is 43.8 Å². The summed E-state index contributed by atoms with van der Waals surface area (Å²) in [6.07, 6.45) is -5.91. The van der Waals surface area contributed by atoms with Crippen molar-refractivity contribution in [3.8, 4) is 0 Å². The van der Waals surface area contributed by atoms with Crippen LogP contribution in [0.2, 0.25) is 0 Å². The quantitative estimate of drug-likeness (QED) is 0.0193. The Morgan fingerprint density at radius 3 is 1.08 bits per heavy atom. The highest BCUT2D eigenvalue weighted by Crippen LogP contribution is 2.47. The number of alkyl halides is 2. The Morgan fingerprint density at radius 2 is 0.781 bits per heavy atom. The maximum atomic E-state index is 12.1. The van der Waals surface area contributed by atoms with Crippen LogP contribution in [0.4, 0.5) is 0 Å². The predicted molar refractivity (Wildman–Crippen MR) is 345 cm³/mol. The van der Waals surface area contributed by atoms with E-state index in [-0.39, 0.29) is 16.6 Å². The molecule has 0 unspecified atom stereocenters. The molecule has 0 bridgehead atoms. The third-order valence-electron chi connectivity index (χ3n) is 17.1. The van der Waals surface area contributed by atoms with E-state index in [0.29, 0.717) is 10.8 Å². The molecular formula is C55H75I2N13O26. The lowest BCUT2D eigenvalue weighted by atomic mass is 10.0. The lowest BCUT2D eigenvalue weighted by molar-refractivity contribution is -0.226. The van der Waals surface area contributed by atoms with Crippen molar-refractivity contribution in [2.24, 2.45) is 5.11 Å². The molecule has 6 aliphatic heterocycles. The number of hydrogen-bond acceptors (Lipinski definition) is 27. The average Bonchev–Trinajstić information content (AvgIpc) is 1.58. The number of nitrogens with zero attached hydrogens (tertiary/aromatic N) is 8. The van der Waals surface area contributed by atoms with Gasteiger partial charge in [-0.2, -0.15) is 0 Å². The second-order valence-electron chi connectivity index (χ2n) is 23.9. The van der Waals surface area contributed by atoms with Gasteiger partial charge in [0.05, 0.1) is 24.9 Å². The molecule has 14 N–H and O–H groups in total. The van der Waals surface area contributed by atoms with Gasteiger partial charge in [-0.3, -0.25) is 71.7 Å². The van der Waals surface area contributed by atoms with Gasteiger partial charge in [0.25, 0.3) is 27.8 Å².